The van der Waals surface area contributed by atoms with Crippen LogP contribution >= 0.6 is 11.6 Å². The molecule has 0 spiro atoms. The summed E-state index contributed by atoms with van der Waals surface area (Å²) in [5.74, 6) is 1.82. The third kappa shape index (κ3) is 6.15. The first-order valence-corrected chi connectivity index (χ1v) is 12.5. The molecule has 4 rings (SSSR count). The summed E-state index contributed by atoms with van der Waals surface area (Å²) in [6.45, 7) is 7.17. The van der Waals surface area contributed by atoms with E-state index in [1.807, 2.05) is 55.1 Å². The van der Waals surface area contributed by atoms with Crippen molar-refractivity contribution in [2.45, 2.75) is 39.5 Å². The number of furan rings is 1. The van der Waals surface area contributed by atoms with Gasteiger partial charge in [0, 0.05) is 30.5 Å². The summed E-state index contributed by atoms with van der Waals surface area (Å²) < 4.78 is 11.0. The maximum absolute atomic E-state index is 13.1. The number of hydrogen-bond acceptors (Lipinski definition) is 5. The van der Waals surface area contributed by atoms with E-state index in [0.717, 1.165) is 24.3 Å². The second-order valence-electron chi connectivity index (χ2n) is 8.86. The molecule has 0 unspecified atom stereocenters. The number of anilines is 1. The Morgan fingerprint density at radius 3 is 2.56 bits per heavy atom. The molecule has 7 nitrogen and oxygen atoms in total. The van der Waals surface area contributed by atoms with Crippen LogP contribution in [0.5, 0.6) is 5.88 Å². The van der Waals surface area contributed by atoms with Crippen LogP contribution in [0.4, 0.5) is 5.69 Å². The molecule has 3 aromatic rings. The zero-order chi connectivity index (χ0) is 25.7. The molecule has 0 bridgehead atoms. The van der Waals surface area contributed by atoms with E-state index in [0.29, 0.717) is 53.4 Å². The minimum Gasteiger partial charge on any atom is -0.477 e. The van der Waals surface area contributed by atoms with Crippen molar-refractivity contribution in [1.29, 1.82) is 0 Å². The van der Waals surface area contributed by atoms with Crippen LogP contribution in [0.25, 0.3) is 6.08 Å². The van der Waals surface area contributed by atoms with Gasteiger partial charge in [0.25, 0.3) is 11.8 Å². The Morgan fingerprint density at radius 2 is 1.92 bits per heavy atom. The van der Waals surface area contributed by atoms with Crippen molar-refractivity contribution in [2.24, 2.45) is 0 Å². The Balaban J connectivity index is 1.34. The van der Waals surface area contributed by atoms with Crippen molar-refractivity contribution in [2.75, 3.05) is 25.0 Å². The normalized spacial score (nSPS) is 14.6. The van der Waals surface area contributed by atoms with Gasteiger partial charge in [0.15, 0.2) is 0 Å². The molecule has 1 aromatic carbocycles. The molecule has 188 valence electrons. The van der Waals surface area contributed by atoms with E-state index < -0.39 is 0 Å². The van der Waals surface area contributed by atoms with Crippen molar-refractivity contribution in [3.8, 4) is 5.88 Å². The van der Waals surface area contributed by atoms with Gasteiger partial charge in [-0.25, -0.2) is 4.98 Å². The highest BCUT2D eigenvalue weighted by Crippen LogP contribution is 2.31. The van der Waals surface area contributed by atoms with Crippen molar-refractivity contribution >= 4 is 35.2 Å². The number of nitrogens with zero attached hydrogens (tertiary/aromatic N) is 2. The maximum Gasteiger partial charge on any atom is 0.259 e. The van der Waals surface area contributed by atoms with E-state index in [2.05, 4.69) is 10.3 Å². The minimum absolute atomic E-state index is 0.113. The molecule has 3 heterocycles. The van der Waals surface area contributed by atoms with Crippen LogP contribution in [0.1, 0.15) is 60.0 Å². The fourth-order valence-electron chi connectivity index (χ4n) is 4.30. The Kier molecular flexibility index (Phi) is 8.10. The summed E-state index contributed by atoms with van der Waals surface area (Å²) in [4.78, 5) is 31.6. The van der Waals surface area contributed by atoms with Crippen molar-refractivity contribution in [3.63, 3.8) is 0 Å². The molecule has 1 aliphatic heterocycles. The molecule has 2 aromatic heterocycles. The highest BCUT2D eigenvalue weighted by molar-refractivity contribution is 6.30. The number of pyridine rings is 1. The molecule has 8 heteroatoms. The number of ether oxygens (including phenoxy) is 1. The minimum atomic E-state index is -0.175. The van der Waals surface area contributed by atoms with E-state index >= 15 is 0 Å². The summed E-state index contributed by atoms with van der Waals surface area (Å²) in [7, 11) is 0. The molecule has 1 aliphatic rings. The van der Waals surface area contributed by atoms with E-state index in [-0.39, 0.29) is 11.8 Å². The highest BCUT2D eigenvalue weighted by Gasteiger charge is 2.27. The number of carbonyl (C=O) groups excluding carboxylic acids is 2. The Morgan fingerprint density at radius 1 is 1.19 bits per heavy atom. The second-order valence-corrected chi connectivity index (χ2v) is 9.29. The number of aryl methyl sites for hydroxylation is 1. The fourth-order valence-corrected chi connectivity index (χ4v) is 4.45. The van der Waals surface area contributed by atoms with Gasteiger partial charge >= 0.3 is 0 Å². The van der Waals surface area contributed by atoms with Crippen LogP contribution in [0.15, 0.2) is 58.7 Å². The Labute approximate surface area is 216 Å². The number of likely N-dealkylation sites (tertiary alicyclic amines) is 1. The number of nitrogens with one attached hydrogen (secondary N) is 1. The lowest BCUT2D eigenvalue weighted by Gasteiger charge is -2.32. The number of aromatic nitrogens is 1. The molecular weight excluding hydrogens is 478 g/mol. The lowest BCUT2D eigenvalue weighted by molar-refractivity contribution is -0.112. The van der Waals surface area contributed by atoms with E-state index in [4.69, 9.17) is 20.8 Å². The highest BCUT2D eigenvalue weighted by atomic mass is 35.5. The quantitative estimate of drug-likeness (QED) is 0.391. The molecule has 1 N–H and O–H groups in total. The molecule has 1 fully saturated rings. The Bertz CT molecular complexity index is 1260. The largest absolute Gasteiger partial charge is 0.477 e. The van der Waals surface area contributed by atoms with Crippen LogP contribution < -0.4 is 10.1 Å². The van der Waals surface area contributed by atoms with E-state index in [1.165, 1.54) is 11.8 Å². The molecule has 0 aliphatic carbocycles. The number of benzene rings is 1. The Hall–Kier alpha value is -3.58. The van der Waals surface area contributed by atoms with Gasteiger partial charge in [-0.1, -0.05) is 23.7 Å². The van der Waals surface area contributed by atoms with Gasteiger partial charge in [0.2, 0.25) is 5.88 Å². The van der Waals surface area contributed by atoms with Crippen LogP contribution in [-0.2, 0) is 4.79 Å². The first kappa shape index (κ1) is 25.5. The number of amides is 2. The summed E-state index contributed by atoms with van der Waals surface area (Å²) in [6, 6.07) is 13.2. The number of rotatable bonds is 7. The van der Waals surface area contributed by atoms with E-state index in [9.17, 15) is 9.59 Å². The maximum atomic E-state index is 13.1. The van der Waals surface area contributed by atoms with Gasteiger partial charge < -0.3 is 19.4 Å². The molecule has 1 saturated heterocycles. The van der Waals surface area contributed by atoms with Gasteiger partial charge in [-0.05, 0) is 81.5 Å². The molecule has 0 atom stereocenters. The number of piperidine rings is 1. The zero-order valence-electron chi connectivity index (χ0n) is 20.7. The van der Waals surface area contributed by atoms with Crippen LogP contribution in [0, 0.1) is 6.92 Å². The number of halogens is 1. The van der Waals surface area contributed by atoms with Crippen molar-refractivity contribution in [1.82, 2.24) is 9.88 Å². The first-order chi connectivity index (χ1) is 17.3. The van der Waals surface area contributed by atoms with Crippen molar-refractivity contribution in [3.05, 3.63) is 81.9 Å². The topological polar surface area (TPSA) is 84.7 Å². The summed E-state index contributed by atoms with van der Waals surface area (Å²) in [5.41, 5.74) is 2.89. The van der Waals surface area contributed by atoms with Gasteiger partial charge in [0.1, 0.15) is 17.1 Å². The lowest BCUT2D eigenvalue weighted by atomic mass is 9.89. The predicted molar refractivity (Wildman–Crippen MR) is 140 cm³/mol. The molecular formula is C28H30ClN3O4. The molecule has 0 radical (unpaired) electrons. The van der Waals surface area contributed by atoms with Crippen LogP contribution in [0.3, 0.4) is 0 Å². The van der Waals surface area contributed by atoms with Crippen LogP contribution in [-0.4, -0.2) is 41.4 Å². The van der Waals surface area contributed by atoms with Gasteiger partial charge in [0.05, 0.1) is 11.6 Å². The monoisotopic (exact) mass is 507 g/mol. The standard InChI is InChI=1S/C28H30ClN3O4/c1-4-35-27-25(16-22(29)17-30-27)28(34)32-13-11-21(12-14-32)20-6-8-23(9-7-20)31-26(33)18(2)15-24-10-5-19(3)36-24/h5-10,15-17,21H,4,11-14H2,1-3H3,(H,31,33)/b18-15+. The van der Waals surface area contributed by atoms with Gasteiger partial charge in [-0.2, -0.15) is 0 Å². The zero-order valence-corrected chi connectivity index (χ0v) is 21.5. The summed E-state index contributed by atoms with van der Waals surface area (Å²) in [6.07, 6.45) is 4.90. The van der Waals surface area contributed by atoms with Crippen molar-refractivity contribution < 1.29 is 18.7 Å². The summed E-state index contributed by atoms with van der Waals surface area (Å²) in [5, 5.41) is 3.34. The first-order valence-electron chi connectivity index (χ1n) is 12.1. The average molecular weight is 508 g/mol. The SMILES string of the molecule is CCOc1ncc(Cl)cc1C(=O)N1CCC(c2ccc(NC(=O)/C(C)=C/c3ccc(C)o3)cc2)CC1. The smallest absolute Gasteiger partial charge is 0.259 e. The number of carbonyl (C=O) groups is 2. The average Bonchev–Trinajstić information content (AvgIpc) is 3.29. The van der Waals surface area contributed by atoms with Gasteiger partial charge in [-0.3, -0.25) is 9.59 Å². The van der Waals surface area contributed by atoms with E-state index in [1.54, 1.807) is 19.1 Å². The molecule has 36 heavy (non-hydrogen) atoms. The fraction of sp³-hybridized carbons (Fsp3) is 0.321. The lowest BCUT2D eigenvalue weighted by Crippen LogP contribution is -2.38. The third-order valence-corrected chi connectivity index (χ3v) is 6.44. The predicted octanol–water partition coefficient (Wildman–Crippen LogP) is 6.10. The van der Waals surface area contributed by atoms with Crippen LogP contribution in [0.2, 0.25) is 5.02 Å². The van der Waals surface area contributed by atoms with Gasteiger partial charge in [-0.15, -0.1) is 0 Å². The molecule has 2 amide bonds. The third-order valence-electron chi connectivity index (χ3n) is 6.23. The molecule has 0 saturated carbocycles. The summed E-state index contributed by atoms with van der Waals surface area (Å²) >= 11 is 6.08. The second kappa shape index (κ2) is 11.4. The number of hydrogen-bond donors (Lipinski definition) is 1.